The average Bonchev–Trinajstić information content (AvgIpc) is 3.12. The number of aliphatic hydroxyl groups excluding tert-OH is 1. The lowest BCUT2D eigenvalue weighted by Gasteiger charge is -2.36. The lowest BCUT2D eigenvalue weighted by atomic mass is 9.93. The van der Waals surface area contributed by atoms with Gasteiger partial charge in [-0.05, 0) is 32.6 Å². The van der Waals surface area contributed by atoms with Crippen molar-refractivity contribution in [1.29, 1.82) is 0 Å². The minimum atomic E-state index is -1.12. The number of carbonyl (C=O) groups excluding carboxylic acids is 4. The SMILES string of the molecule is C[C@@H](O)[C@H](N)C(=O)N1CCCC12CCN([C@@H](CCC(N)=O)C(N)=O)C2=O. The standard InChI is InChI=1S/C16H27N5O5/c1-9(22)12(18)14(25)21-7-2-5-16(21)6-8-20(15(16)26)10(13(19)24)3-4-11(17)23/h9-10,12,22H,2-8,18H2,1H3,(H2,17,23)(H2,19,24)/t9-,10+,12+,16?/m1/s1. The topological polar surface area (TPSA) is 173 Å². The maximum atomic E-state index is 13.1. The third kappa shape index (κ3) is 3.51. The van der Waals surface area contributed by atoms with Gasteiger partial charge in [-0.25, -0.2) is 0 Å². The van der Waals surface area contributed by atoms with Crippen LogP contribution in [-0.2, 0) is 19.2 Å². The van der Waals surface area contributed by atoms with Gasteiger partial charge in [-0.1, -0.05) is 0 Å². The molecule has 2 rings (SSSR count). The molecule has 0 aromatic rings. The van der Waals surface area contributed by atoms with Gasteiger partial charge < -0.3 is 32.1 Å². The average molecular weight is 369 g/mol. The number of likely N-dealkylation sites (tertiary alicyclic amines) is 2. The molecule has 4 amide bonds. The van der Waals surface area contributed by atoms with Crippen molar-refractivity contribution < 1.29 is 24.3 Å². The Morgan fingerprint density at radius 3 is 2.42 bits per heavy atom. The highest BCUT2D eigenvalue weighted by Gasteiger charge is 2.57. The predicted molar refractivity (Wildman–Crippen MR) is 91.1 cm³/mol. The normalized spacial score (nSPS) is 26.2. The van der Waals surface area contributed by atoms with Crippen LogP contribution >= 0.6 is 0 Å². The summed E-state index contributed by atoms with van der Waals surface area (Å²) in [6.07, 6.45) is 0.377. The van der Waals surface area contributed by atoms with Crippen LogP contribution in [0.3, 0.4) is 0 Å². The molecule has 0 bridgehead atoms. The summed E-state index contributed by atoms with van der Waals surface area (Å²) in [7, 11) is 0. The molecule has 0 radical (unpaired) electrons. The number of nitrogens with two attached hydrogens (primary N) is 3. The van der Waals surface area contributed by atoms with Crippen molar-refractivity contribution in [3.8, 4) is 0 Å². The van der Waals surface area contributed by atoms with E-state index in [0.717, 1.165) is 0 Å². The van der Waals surface area contributed by atoms with Crippen molar-refractivity contribution in [1.82, 2.24) is 9.80 Å². The van der Waals surface area contributed by atoms with E-state index in [1.807, 2.05) is 0 Å². The van der Waals surface area contributed by atoms with E-state index in [9.17, 15) is 24.3 Å². The summed E-state index contributed by atoms with van der Waals surface area (Å²) >= 11 is 0. The van der Waals surface area contributed by atoms with E-state index in [-0.39, 0.29) is 25.3 Å². The molecule has 2 aliphatic heterocycles. The summed E-state index contributed by atoms with van der Waals surface area (Å²) in [5.41, 5.74) is 15.2. The highest BCUT2D eigenvalue weighted by molar-refractivity contribution is 5.97. The van der Waals surface area contributed by atoms with E-state index >= 15 is 0 Å². The fourth-order valence-corrected chi connectivity index (χ4v) is 3.88. The zero-order valence-corrected chi connectivity index (χ0v) is 14.9. The second-order valence-electron chi connectivity index (χ2n) is 7.06. The molecule has 1 unspecified atom stereocenters. The maximum absolute atomic E-state index is 13.1. The summed E-state index contributed by atoms with van der Waals surface area (Å²) < 4.78 is 0. The maximum Gasteiger partial charge on any atom is 0.249 e. The van der Waals surface area contributed by atoms with Gasteiger partial charge in [0, 0.05) is 19.5 Å². The van der Waals surface area contributed by atoms with Crippen LogP contribution < -0.4 is 17.2 Å². The monoisotopic (exact) mass is 369 g/mol. The minimum absolute atomic E-state index is 0.0492. The molecule has 1 spiro atoms. The molecule has 10 nitrogen and oxygen atoms in total. The Labute approximate surface area is 151 Å². The number of primary amides is 2. The number of aliphatic hydroxyl groups is 1. The van der Waals surface area contributed by atoms with E-state index in [1.165, 1.54) is 16.7 Å². The van der Waals surface area contributed by atoms with Crippen molar-refractivity contribution in [2.45, 2.75) is 62.8 Å². The smallest absolute Gasteiger partial charge is 0.249 e. The van der Waals surface area contributed by atoms with Crippen LogP contribution in [0.4, 0.5) is 0 Å². The molecule has 0 aromatic carbocycles. The summed E-state index contributed by atoms with van der Waals surface area (Å²) in [5.74, 6) is -2.15. The van der Waals surface area contributed by atoms with Gasteiger partial charge in [0.1, 0.15) is 17.6 Å². The van der Waals surface area contributed by atoms with Gasteiger partial charge in [-0.15, -0.1) is 0 Å². The van der Waals surface area contributed by atoms with Crippen molar-refractivity contribution in [2.24, 2.45) is 17.2 Å². The van der Waals surface area contributed by atoms with Crippen molar-refractivity contribution >= 4 is 23.6 Å². The van der Waals surface area contributed by atoms with E-state index in [4.69, 9.17) is 17.2 Å². The van der Waals surface area contributed by atoms with Crippen LogP contribution in [0, 0.1) is 0 Å². The van der Waals surface area contributed by atoms with Gasteiger partial charge >= 0.3 is 0 Å². The number of carbonyl (C=O) groups is 4. The van der Waals surface area contributed by atoms with E-state index in [2.05, 4.69) is 0 Å². The Kier molecular flexibility index (Phi) is 5.87. The van der Waals surface area contributed by atoms with Crippen LogP contribution in [-0.4, -0.2) is 75.4 Å². The number of rotatable bonds is 7. The first kappa shape index (κ1) is 20.1. The number of hydrogen-bond donors (Lipinski definition) is 4. The summed E-state index contributed by atoms with van der Waals surface area (Å²) in [6.45, 7) is 2.03. The van der Waals surface area contributed by atoms with Gasteiger partial charge in [-0.2, -0.15) is 0 Å². The number of hydrogen-bond acceptors (Lipinski definition) is 6. The van der Waals surface area contributed by atoms with E-state index in [0.29, 0.717) is 25.8 Å². The highest BCUT2D eigenvalue weighted by Crippen LogP contribution is 2.40. The lowest BCUT2D eigenvalue weighted by molar-refractivity contribution is -0.150. The molecule has 2 fully saturated rings. The van der Waals surface area contributed by atoms with Crippen molar-refractivity contribution in [3.63, 3.8) is 0 Å². The zero-order chi connectivity index (χ0) is 19.6. The summed E-state index contributed by atoms with van der Waals surface area (Å²) in [6, 6.07) is -2.06. The molecule has 146 valence electrons. The van der Waals surface area contributed by atoms with Gasteiger partial charge in [0.05, 0.1) is 6.10 Å². The third-order valence-electron chi connectivity index (χ3n) is 5.35. The first-order valence-electron chi connectivity index (χ1n) is 8.75. The zero-order valence-electron chi connectivity index (χ0n) is 14.9. The molecule has 4 atom stereocenters. The Morgan fingerprint density at radius 1 is 1.23 bits per heavy atom. The molecule has 2 heterocycles. The molecule has 0 aliphatic carbocycles. The Morgan fingerprint density at radius 2 is 1.88 bits per heavy atom. The molecule has 26 heavy (non-hydrogen) atoms. The van der Waals surface area contributed by atoms with Gasteiger partial charge in [0.2, 0.25) is 23.6 Å². The molecule has 2 aliphatic rings. The van der Waals surface area contributed by atoms with Crippen LogP contribution in [0.5, 0.6) is 0 Å². The van der Waals surface area contributed by atoms with Gasteiger partial charge in [-0.3, -0.25) is 19.2 Å². The Balaban J connectivity index is 2.23. The first-order chi connectivity index (χ1) is 12.1. The Bertz CT molecular complexity index is 610. The van der Waals surface area contributed by atoms with Crippen LogP contribution in [0.1, 0.15) is 39.0 Å². The van der Waals surface area contributed by atoms with Crippen LogP contribution in [0.15, 0.2) is 0 Å². The number of nitrogens with zero attached hydrogens (tertiary/aromatic N) is 2. The van der Waals surface area contributed by atoms with Gasteiger partial charge in [0.25, 0.3) is 0 Å². The second kappa shape index (κ2) is 7.58. The quantitative estimate of drug-likeness (QED) is 0.383. The fourth-order valence-electron chi connectivity index (χ4n) is 3.88. The lowest BCUT2D eigenvalue weighted by Crippen LogP contribution is -2.59. The Hall–Kier alpha value is -2.20. The van der Waals surface area contributed by atoms with Crippen molar-refractivity contribution in [3.05, 3.63) is 0 Å². The largest absolute Gasteiger partial charge is 0.391 e. The molecular formula is C16H27N5O5. The summed E-state index contributed by atoms with van der Waals surface area (Å²) in [5, 5.41) is 9.61. The molecular weight excluding hydrogens is 342 g/mol. The van der Waals surface area contributed by atoms with E-state index in [1.54, 1.807) is 0 Å². The molecule has 7 N–H and O–H groups in total. The van der Waals surface area contributed by atoms with Gasteiger partial charge in [0.15, 0.2) is 0 Å². The molecule has 10 heteroatoms. The first-order valence-corrected chi connectivity index (χ1v) is 8.75. The number of amides is 4. The molecule has 0 saturated carbocycles. The predicted octanol–water partition coefficient (Wildman–Crippen LogP) is -2.59. The molecule has 0 aromatic heterocycles. The fraction of sp³-hybridized carbons (Fsp3) is 0.750. The van der Waals surface area contributed by atoms with Crippen molar-refractivity contribution in [2.75, 3.05) is 13.1 Å². The second-order valence-corrected chi connectivity index (χ2v) is 7.06. The van der Waals surface area contributed by atoms with Crippen LogP contribution in [0.25, 0.3) is 0 Å². The van der Waals surface area contributed by atoms with Crippen LogP contribution in [0.2, 0.25) is 0 Å². The third-order valence-corrected chi connectivity index (χ3v) is 5.35. The minimum Gasteiger partial charge on any atom is -0.391 e. The van der Waals surface area contributed by atoms with E-state index < -0.39 is 41.4 Å². The summed E-state index contributed by atoms with van der Waals surface area (Å²) in [4.78, 5) is 51.4. The highest BCUT2D eigenvalue weighted by atomic mass is 16.3. The molecule has 2 saturated heterocycles.